The molecule has 0 spiro atoms. The van der Waals surface area contributed by atoms with Gasteiger partial charge >= 0.3 is 10.3 Å². The van der Waals surface area contributed by atoms with Crippen molar-refractivity contribution >= 4 is 10.3 Å². The molecule has 1 fully saturated rings. The van der Waals surface area contributed by atoms with Gasteiger partial charge in [0.15, 0.2) is 6.29 Å². The molecule has 3 rings (SSSR count). The van der Waals surface area contributed by atoms with Gasteiger partial charge in [-0.25, -0.2) is 0 Å². The van der Waals surface area contributed by atoms with E-state index in [4.69, 9.17) is 18.9 Å². The fourth-order valence-electron chi connectivity index (χ4n) is 3.39. The van der Waals surface area contributed by atoms with Crippen molar-refractivity contribution in [3.63, 3.8) is 0 Å². The number of rotatable bonds is 10. The van der Waals surface area contributed by atoms with Crippen LogP contribution in [-0.2, 0) is 42.5 Å². The molecular formula is C21H27NO8S. The van der Waals surface area contributed by atoms with Gasteiger partial charge in [-0.3, -0.25) is 4.55 Å². The highest BCUT2D eigenvalue weighted by Crippen LogP contribution is 2.26. The van der Waals surface area contributed by atoms with Crippen molar-refractivity contribution in [3.05, 3.63) is 71.8 Å². The standard InChI is InChI=1S/C21H27NO8S/c1-27-21-18(22-31(24,25)26)20(29-13-16-10-6-3-7-11-16)19(23)17(30-21)14-28-12-15-8-4-2-5-9-15/h2-11,17-23H,12-14H2,1H3,(H,24,25,26)/t17-,18-,19-,20-,21-/m1/s1. The van der Waals surface area contributed by atoms with Crippen molar-refractivity contribution in [1.82, 2.24) is 4.72 Å². The first-order chi connectivity index (χ1) is 14.9. The average Bonchev–Trinajstić information content (AvgIpc) is 2.75. The summed E-state index contributed by atoms with van der Waals surface area (Å²) in [6, 6.07) is 17.5. The van der Waals surface area contributed by atoms with E-state index in [-0.39, 0.29) is 13.2 Å². The SMILES string of the molecule is CO[C@@H]1O[C@H](COCc2ccccc2)[C@@H](O)[C@H](OCc2ccccc2)[C@H]1NS(=O)(=O)O. The first-order valence-corrected chi connectivity index (χ1v) is 11.2. The lowest BCUT2D eigenvalue weighted by atomic mass is 9.97. The molecule has 0 unspecified atom stereocenters. The largest absolute Gasteiger partial charge is 0.388 e. The van der Waals surface area contributed by atoms with Crippen molar-refractivity contribution in [2.45, 2.75) is 43.9 Å². The van der Waals surface area contributed by atoms with Crippen LogP contribution in [0.1, 0.15) is 11.1 Å². The number of hydrogen-bond donors (Lipinski definition) is 3. The minimum absolute atomic E-state index is 0.0275. The van der Waals surface area contributed by atoms with E-state index in [1.807, 2.05) is 65.4 Å². The van der Waals surface area contributed by atoms with E-state index in [1.165, 1.54) is 7.11 Å². The van der Waals surface area contributed by atoms with Crippen LogP contribution in [0.5, 0.6) is 0 Å². The second-order valence-electron chi connectivity index (χ2n) is 7.15. The fourth-order valence-corrected chi connectivity index (χ4v) is 3.98. The third kappa shape index (κ3) is 7.06. The minimum Gasteiger partial charge on any atom is -0.388 e. The monoisotopic (exact) mass is 453 g/mol. The fraction of sp³-hybridized carbons (Fsp3) is 0.429. The molecule has 1 heterocycles. The summed E-state index contributed by atoms with van der Waals surface area (Å²) in [6.45, 7) is 0.452. The smallest absolute Gasteiger partial charge is 0.333 e. The molecule has 170 valence electrons. The molecule has 1 aliphatic rings. The number of benzene rings is 2. The van der Waals surface area contributed by atoms with Gasteiger partial charge in [-0.2, -0.15) is 13.1 Å². The van der Waals surface area contributed by atoms with E-state index in [1.54, 1.807) is 0 Å². The van der Waals surface area contributed by atoms with Crippen LogP contribution in [0.25, 0.3) is 0 Å². The minimum atomic E-state index is -4.61. The zero-order chi connectivity index (χ0) is 22.3. The van der Waals surface area contributed by atoms with Crippen molar-refractivity contribution in [2.75, 3.05) is 13.7 Å². The first-order valence-electron chi connectivity index (χ1n) is 9.75. The van der Waals surface area contributed by atoms with E-state index in [0.29, 0.717) is 6.61 Å². The van der Waals surface area contributed by atoms with E-state index in [0.717, 1.165) is 11.1 Å². The summed E-state index contributed by atoms with van der Waals surface area (Å²) in [7, 11) is -3.28. The van der Waals surface area contributed by atoms with Crippen LogP contribution in [0.3, 0.4) is 0 Å². The highest BCUT2D eigenvalue weighted by molar-refractivity contribution is 7.83. The molecule has 9 nitrogen and oxygen atoms in total. The van der Waals surface area contributed by atoms with Gasteiger partial charge in [-0.1, -0.05) is 60.7 Å². The Morgan fingerprint density at radius 1 is 1.00 bits per heavy atom. The quantitative estimate of drug-likeness (QED) is 0.460. The highest BCUT2D eigenvalue weighted by Gasteiger charge is 2.47. The van der Waals surface area contributed by atoms with Gasteiger partial charge in [-0.05, 0) is 11.1 Å². The molecular weight excluding hydrogens is 426 g/mol. The number of methoxy groups -OCH3 is 1. The van der Waals surface area contributed by atoms with Gasteiger partial charge in [0, 0.05) is 7.11 Å². The summed E-state index contributed by atoms with van der Waals surface area (Å²) < 4.78 is 56.8. The van der Waals surface area contributed by atoms with Crippen LogP contribution >= 0.6 is 0 Å². The maximum absolute atomic E-state index is 11.5. The van der Waals surface area contributed by atoms with Crippen LogP contribution < -0.4 is 4.72 Å². The predicted octanol–water partition coefficient (Wildman–Crippen LogP) is 1.28. The second-order valence-corrected chi connectivity index (χ2v) is 8.34. The van der Waals surface area contributed by atoms with E-state index < -0.39 is 40.9 Å². The number of ether oxygens (including phenoxy) is 4. The zero-order valence-electron chi connectivity index (χ0n) is 17.0. The third-order valence-corrected chi connectivity index (χ3v) is 5.44. The number of hydrogen-bond acceptors (Lipinski definition) is 7. The van der Waals surface area contributed by atoms with E-state index in [9.17, 15) is 18.1 Å². The van der Waals surface area contributed by atoms with Gasteiger partial charge in [0.25, 0.3) is 0 Å². The number of aliphatic hydroxyl groups is 1. The summed E-state index contributed by atoms with van der Waals surface area (Å²) in [6.07, 6.45) is -4.26. The molecule has 0 aromatic heterocycles. The van der Waals surface area contributed by atoms with Crippen molar-refractivity contribution in [2.24, 2.45) is 0 Å². The highest BCUT2D eigenvalue weighted by atomic mass is 32.2. The molecule has 0 amide bonds. The Bertz CT molecular complexity index is 896. The Morgan fingerprint density at radius 3 is 2.13 bits per heavy atom. The summed E-state index contributed by atoms with van der Waals surface area (Å²) in [5.41, 5.74) is 1.79. The summed E-state index contributed by atoms with van der Waals surface area (Å²) >= 11 is 0. The van der Waals surface area contributed by atoms with Crippen LogP contribution in [0, 0.1) is 0 Å². The van der Waals surface area contributed by atoms with Crippen molar-refractivity contribution < 1.29 is 37.0 Å². The maximum Gasteiger partial charge on any atom is 0.333 e. The Kier molecular flexibility index (Phi) is 8.52. The Morgan fingerprint density at radius 2 is 1.58 bits per heavy atom. The normalized spacial score (nSPS) is 26.6. The molecule has 3 N–H and O–H groups in total. The molecule has 10 heteroatoms. The lowest BCUT2D eigenvalue weighted by molar-refractivity contribution is -0.272. The molecule has 0 aliphatic carbocycles. The molecule has 5 atom stereocenters. The molecule has 0 bridgehead atoms. The number of aliphatic hydroxyl groups excluding tert-OH is 1. The van der Waals surface area contributed by atoms with Gasteiger partial charge in [0.1, 0.15) is 24.4 Å². The van der Waals surface area contributed by atoms with Crippen LogP contribution in [-0.4, -0.2) is 62.4 Å². The van der Waals surface area contributed by atoms with E-state index >= 15 is 0 Å². The maximum atomic E-state index is 11.5. The summed E-state index contributed by atoms with van der Waals surface area (Å²) in [5, 5.41) is 10.9. The van der Waals surface area contributed by atoms with Crippen molar-refractivity contribution in [3.8, 4) is 0 Å². The second kappa shape index (κ2) is 11.1. The Labute approximate surface area is 181 Å². The average molecular weight is 454 g/mol. The molecule has 0 radical (unpaired) electrons. The third-order valence-electron chi connectivity index (χ3n) is 4.87. The number of nitrogens with one attached hydrogen (secondary N) is 1. The predicted molar refractivity (Wildman–Crippen MR) is 111 cm³/mol. The van der Waals surface area contributed by atoms with Crippen LogP contribution in [0.2, 0.25) is 0 Å². The topological polar surface area (TPSA) is 124 Å². The molecule has 31 heavy (non-hydrogen) atoms. The van der Waals surface area contributed by atoms with Gasteiger partial charge in [-0.15, -0.1) is 0 Å². The molecule has 2 aromatic carbocycles. The molecule has 1 saturated heterocycles. The zero-order valence-corrected chi connectivity index (χ0v) is 17.9. The Hall–Kier alpha value is -1.89. The van der Waals surface area contributed by atoms with Crippen LogP contribution in [0.15, 0.2) is 60.7 Å². The van der Waals surface area contributed by atoms with Gasteiger partial charge < -0.3 is 24.1 Å². The lowest BCUT2D eigenvalue weighted by Gasteiger charge is -2.43. The van der Waals surface area contributed by atoms with Crippen LogP contribution in [0.4, 0.5) is 0 Å². The lowest BCUT2D eigenvalue weighted by Crippen LogP contribution is -2.65. The molecule has 1 aliphatic heterocycles. The molecule has 0 saturated carbocycles. The molecule has 2 aromatic rings. The summed E-state index contributed by atoms with van der Waals surface area (Å²) in [4.78, 5) is 0. The Balaban J connectivity index is 1.71. The van der Waals surface area contributed by atoms with Crippen molar-refractivity contribution in [1.29, 1.82) is 0 Å². The first kappa shape index (κ1) is 23.8. The van der Waals surface area contributed by atoms with Gasteiger partial charge in [0.05, 0.1) is 19.8 Å². The summed E-state index contributed by atoms with van der Waals surface area (Å²) in [5.74, 6) is 0. The van der Waals surface area contributed by atoms with E-state index in [2.05, 4.69) is 0 Å². The van der Waals surface area contributed by atoms with Gasteiger partial charge in [0.2, 0.25) is 0 Å².